The molecule has 2 heterocycles. The maximum Gasteiger partial charge on any atom is 0.145 e. The molecule has 4 rings (SSSR count). The molecule has 0 aliphatic rings. The maximum atomic E-state index is 5.45. The molecule has 5 heteroatoms. The third-order valence-corrected chi connectivity index (χ3v) is 4.15. The molecule has 2 aromatic carbocycles. The number of aryl methyl sites for hydroxylation is 1. The number of aromatic amines is 1. The summed E-state index contributed by atoms with van der Waals surface area (Å²) < 4.78 is 2.44. The van der Waals surface area contributed by atoms with Gasteiger partial charge in [0.25, 0.3) is 0 Å². The van der Waals surface area contributed by atoms with E-state index in [1.165, 1.54) is 0 Å². The highest BCUT2D eigenvalue weighted by molar-refractivity contribution is 7.71. The van der Waals surface area contributed by atoms with Crippen molar-refractivity contribution in [2.45, 2.75) is 6.92 Å². The zero-order chi connectivity index (χ0) is 15.8. The first-order chi connectivity index (χ1) is 11.2. The van der Waals surface area contributed by atoms with Crippen LogP contribution in [0.15, 0.2) is 60.8 Å². The van der Waals surface area contributed by atoms with Crippen LogP contribution in [0.1, 0.15) is 5.56 Å². The van der Waals surface area contributed by atoms with Crippen LogP contribution in [-0.2, 0) is 0 Å². The molecule has 0 atom stereocenters. The van der Waals surface area contributed by atoms with Gasteiger partial charge in [-0.05, 0) is 18.6 Å². The Labute approximate surface area is 138 Å². The second-order valence-corrected chi connectivity index (χ2v) is 5.75. The van der Waals surface area contributed by atoms with E-state index in [1.807, 2.05) is 53.2 Å². The van der Waals surface area contributed by atoms with Crippen LogP contribution >= 0.6 is 12.2 Å². The molecule has 0 aliphatic heterocycles. The lowest BCUT2D eigenvalue weighted by Gasteiger charge is -2.08. The first-order valence-electron chi connectivity index (χ1n) is 7.33. The van der Waals surface area contributed by atoms with Crippen molar-refractivity contribution in [3.63, 3.8) is 0 Å². The van der Waals surface area contributed by atoms with Gasteiger partial charge in [-0.15, -0.1) is 0 Å². The summed E-state index contributed by atoms with van der Waals surface area (Å²) >= 11 is 5.45. The number of aromatic nitrogens is 4. The Kier molecular flexibility index (Phi) is 3.28. The number of para-hydroxylation sites is 1. The van der Waals surface area contributed by atoms with E-state index >= 15 is 0 Å². The van der Waals surface area contributed by atoms with Gasteiger partial charge >= 0.3 is 0 Å². The van der Waals surface area contributed by atoms with Crippen molar-refractivity contribution in [1.82, 2.24) is 19.7 Å². The van der Waals surface area contributed by atoms with Crippen LogP contribution in [-0.4, -0.2) is 19.7 Å². The highest BCUT2D eigenvalue weighted by Gasteiger charge is 2.11. The fourth-order valence-electron chi connectivity index (χ4n) is 2.64. The summed E-state index contributed by atoms with van der Waals surface area (Å²) in [5.41, 5.74) is 4.03. The zero-order valence-corrected chi connectivity index (χ0v) is 13.3. The second kappa shape index (κ2) is 5.44. The van der Waals surface area contributed by atoms with Crippen molar-refractivity contribution in [2.24, 2.45) is 0 Å². The molecule has 4 nitrogen and oxygen atoms in total. The fraction of sp³-hybridized carbons (Fsp3) is 0.0556. The summed E-state index contributed by atoms with van der Waals surface area (Å²) in [5.74, 6) is 0.749. The van der Waals surface area contributed by atoms with Crippen molar-refractivity contribution in [1.29, 1.82) is 0 Å². The first kappa shape index (κ1) is 13.8. The topological polar surface area (TPSA) is 46.5 Å². The molecule has 0 spiro atoms. The molecule has 0 unspecified atom stereocenters. The van der Waals surface area contributed by atoms with Gasteiger partial charge in [0.1, 0.15) is 16.1 Å². The summed E-state index contributed by atoms with van der Waals surface area (Å²) in [6, 6.07) is 18.1. The minimum absolute atomic E-state index is 0.553. The monoisotopic (exact) mass is 318 g/mol. The highest BCUT2D eigenvalue weighted by atomic mass is 32.1. The average Bonchev–Trinajstić information content (AvgIpc) is 3.00. The highest BCUT2D eigenvalue weighted by Crippen LogP contribution is 2.22. The van der Waals surface area contributed by atoms with E-state index in [-0.39, 0.29) is 0 Å². The van der Waals surface area contributed by atoms with E-state index in [4.69, 9.17) is 12.2 Å². The number of hydrogen-bond acceptors (Lipinski definition) is 3. The van der Waals surface area contributed by atoms with E-state index in [2.05, 4.69) is 28.1 Å². The van der Waals surface area contributed by atoms with E-state index < -0.39 is 0 Å². The molecule has 112 valence electrons. The van der Waals surface area contributed by atoms with E-state index in [9.17, 15) is 0 Å². The molecule has 0 aliphatic carbocycles. The van der Waals surface area contributed by atoms with Crippen molar-refractivity contribution < 1.29 is 0 Å². The van der Waals surface area contributed by atoms with Gasteiger partial charge in [-0.1, -0.05) is 60.7 Å². The quantitative estimate of drug-likeness (QED) is 0.555. The molecule has 0 amide bonds. The molecule has 0 fully saturated rings. The normalized spacial score (nSPS) is 11.0. The first-order valence-corrected chi connectivity index (χ1v) is 7.74. The van der Waals surface area contributed by atoms with Crippen molar-refractivity contribution in [2.75, 3.05) is 0 Å². The number of fused-ring (bicyclic) bond motifs is 1. The van der Waals surface area contributed by atoms with Gasteiger partial charge in [-0.25, -0.2) is 9.67 Å². The van der Waals surface area contributed by atoms with Crippen molar-refractivity contribution >= 4 is 23.3 Å². The van der Waals surface area contributed by atoms with E-state index in [0.29, 0.717) is 4.64 Å². The number of nitrogens with zero attached hydrogens (tertiary/aromatic N) is 3. The van der Waals surface area contributed by atoms with Gasteiger partial charge in [-0.2, -0.15) is 5.10 Å². The number of H-pyrrole nitrogens is 1. The number of hydrogen-bond donors (Lipinski definition) is 1. The second-order valence-electron chi connectivity index (χ2n) is 5.36. The SMILES string of the molecule is Cc1ccccc1-n1ncc2c(=S)nc(-c3ccccc3)[nH]c21. The minimum atomic E-state index is 0.553. The summed E-state index contributed by atoms with van der Waals surface area (Å²) in [6.45, 7) is 2.07. The standard InChI is InChI=1S/C18H14N4S/c1-12-7-5-6-10-15(12)22-17-14(11-19-22)18(23)21-16(20-17)13-8-3-2-4-9-13/h2-11H,1H3,(H,20,21,23). The number of rotatable bonds is 2. The Morgan fingerprint density at radius 3 is 2.52 bits per heavy atom. The van der Waals surface area contributed by atoms with Crippen LogP contribution in [0.3, 0.4) is 0 Å². The van der Waals surface area contributed by atoms with E-state index in [0.717, 1.165) is 33.7 Å². The van der Waals surface area contributed by atoms with Crippen LogP contribution in [0.5, 0.6) is 0 Å². The largest absolute Gasteiger partial charge is 0.324 e. The average molecular weight is 318 g/mol. The van der Waals surface area contributed by atoms with Gasteiger partial charge in [0, 0.05) is 5.56 Å². The zero-order valence-electron chi connectivity index (χ0n) is 12.5. The lowest BCUT2D eigenvalue weighted by molar-refractivity contribution is 0.888. The fourth-order valence-corrected chi connectivity index (χ4v) is 2.88. The Morgan fingerprint density at radius 1 is 1.00 bits per heavy atom. The van der Waals surface area contributed by atoms with Crippen LogP contribution in [0.2, 0.25) is 0 Å². The van der Waals surface area contributed by atoms with Gasteiger partial charge in [0.15, 0.2) is 0 Å². The predicted octanol–water partition coefficient (Wildman–Crippen LogP) is 4.45. The molecule has 0 saturated heterocycles. The molecular weight excluding hydrogens is 304 g/mol. The summed E-state index contributed by atoms with van der Waals surface area (Å²) in [7, 11) is 0. The molecule has 0 saturated carbocycles. The van der Waals surface area contributed by atoms with Gasteiger partial charge in [-0.3, -0.25) is 0 Å². The van der Waals surface area contributed by atoms with Gasteiger partial charge in [0.05, 0.1) is 17.3 Å². The third kappa shape index (κ3) is 2.35. The molecular formula is C18H14N4S. The molecule has 4 aromatic rings. The summed E-state index contributed by atoms with van der Waals surface area (Å²) in [5, 5.41) is 5.35. The van der Waals surface area contributed by atoms with Crippen molar-refractivity contribution in [3.8, 4) is 17.1 Å². The molecule has 23 heavy (non-hydrogen) atoms. The number of nitrogens with one attached hydrogen (secondary N) is 1. The summed E-state index contributed by atoms with van der Waals surface area (Å²) in [4.78, 5) is 7.89. The maximum absolute atomic E-state index is 5.45. The Hall–Kier alpha value is -2.79. The lowest BCUT2D eigenvalue weighted by atomic mass is 10.2. The Balaban J connectivity index is 2.00. The molecule has 1 N–H and O–H groups in total. The predicted molar refractivity (Wildman–Crippen MR) is 94.2 cm³/mol. The van der Waals surface area contributed by atoms with Gasteiger partial charge in [0.2, 0.25) is 0 Å². The Bertz CT molecular complexity index is 1050. The third-order valence-electron chi connectivity index (χ3n) is 3.84. The van der Waals surface area contributed by atoms with E-state index in [1.54, 1.807) is 6.20 Å². The van der Waals surface area contributed by atoms with Crippen LogP contribution in [0.4, 0.5) is 0 Å². The summed E-state index contributed by atoms with van der Waals surface area (Å²) in [6.07, 6.45) is 1.77. The lowest BCUT2D eigenvalue weighted by Crippen LogP contribution is -2.01. The Morgan fingerprint density at radius 2 is 1.74 bits per heavy atom. The molecule has 0 radical (unpaired) electrons. The molecule has 0 bridgehead atoms. The van der Waals surface area contributed by atoms with Gasteiger partial charge < -0.3 is 4.98 Å². The van der Waals surface area contributed by atoms with Crippen molar-refractivity contribution in [3.05, 3.63) is 71.0 Å². The van der Waals surface area contributed by atoms with Crippen LogP contribution in [0, 0.1) is 11.6 Å². The molecule has 2 aromatic heterocycles. The minimum Gasteiger partial charge on any atom is -0.324 e. The number of benzene rings is 2. The van der Waals surface area contributed by atoms with Crippen LogP contribution < -0.4 is 0 Å². The van der Waals surface area contributed by atoms with Crippen LogP contribution in [0.25, 0.3) is 28.1 Å². The smallest absolute Gasteiger partial charge is 0.145 e.